The highest BCUT2D eigenvalue weighted by Crippen LogP contribution is 2.40. The zero-order valence-electron chi connectivity index (χ0n) is 9.41. The Bertz CT molecular complexity index is 219. The number of rotatable bonds is 2. The molecule has 0 amide bonds. The fourth-order valence-electron chi connectivity index (χ4n) is 2.88. The van der Waals surface area contributed by atoms with Crippen molar-refractivity contribution in [3.05, 3.63) is 0 Å². The molecule has 15 heavy (non-hydrogen) atoms. The molecule has 1 saturated heterocycles. The van der Waals surface area contributed by atoms with Crippen LogP contribution in [0.4, 0.5) is 0 Å². The highest BCUT2D eigenvalue weighted by molar-refractivity contribution is 5.56. The average molecular weight is 212 g/mol. The molecule has 3 heteroatoms. The predicted molar refractivity (Wildman–Crippen MR) is 56.8 cm³/mol. The van der Waals surface area contributed by atoms with Crippen LogP contribution in [0.5, 0.6) is 0 Å². The third kappa shape index (κ3) is 2.40. The van der Waals surface area contributed by atoms with Gasteiger partial charge < -0.3 is 14.3 Å². The minimum Gasteiger partial charge on any atom is -0.381 e. The van der Waals surface area contributed by atoms with E-state index in [2.05, 4.69) is 0 Å². The van der Waals surface area contributed by atoms with Gasteiger partial charge in [-0.25, -0.2) is 0 Å². The molecule has 0 radical (unpaired) electrons. The van der Waals surface area contributed by atoms with Gasteiger partial charge in [0, 0.05) is 7.11 Å². The van der Waals surface area contributed by atoms with E-state index in [0.29, 0.717) is 6.10 Å². The van der Waals surface area contributed by atoms with Gasteiger partial charge in [0.25, 0.3) is 0 Å². The molecule has 1 heterocycles. The Kier molecular flexibility index (Phi) is 3.42. The van der Waals surface area contributed by atoms with Gasteiger partial charge in [-0.3, -0.25) is 0 Å². The Balaban J connectivity index is 1.93. The van der Waals surface area contributed by atoms with Crippen LogP contribution in [0.1, 0.15) is 44.9 Å². The third-order valence-electron chi connectivity index (χ3n) is 3.85. The Morgan fingerprint density at radius 2 is 2.00 bits per heavy atom. The first kappa shape index (κ1) is 11.1. The van der Waals surface area contributed by atoms with Gasteiger partial charge in [0.05, 0.1) is 11.7 Å². The van der Waals surface area contributed by atoms with Gasteiger partial charge >= 0.3 is 0 Å². The molecule has 1 saturated carbocycles. The summed E-state index contributed by atoms with van der Waals surface area (Å²) in [6, 6.07) is 0. The van der Waals surface area contributed by atoms with E-state index < -0.39 is 0 Å². The van der Waals surface area contributed by atoms with E-state index in [9.17, 15) is 4.79 Å². The molecular weight excluding hydrogens is 192 g/mol. The summed E-state index contributed by atoms with van der Waals surface area (Å²) in [4.78, 5) is 10.8. The molecule has 0 aromatic carbocycles. The summed E-state index contributed by atoms with van der Waals surface area (Å²) >= 11 is 0. The lowest BCUT2D eigenvalue weighted by atomic mass is 9.78. The van der Waals surface area contributed by atoms with E-state index in [0.717, 1.165) is 51.2 Å². The van der Waals surface area contributed by atoms with E-state index in [4.69, 9.17) is 9.47 Å². The molecule has 2 aliphatic rings. The van der Waals surface area contributed by atoms with E-state index in [1.807, 2.05) is 0 Å². The summed E-state index contributed by atoms with van der Waals surface area (Å²) < 4.78 is 11.3. The maximum absolute atomic E-state index is 10.8. The molecule has 0 N–H and O–H groups in total. The maximum atomic E-state index is 10.8. The van der Waals surface area contributed by atoms with Crippen LogP contribution in [0, 0.1) is 0 Å². The van der Waals surface area contributed by atoms with Crippen molar-refractivity contribution in [2.45, 2.75) is 62.8 Å². The van der Waals surface area contributed by atoms with Crippen LogP contribution < -0.4 is 0 Å². The van der Waals surface area contributed by atoms with Gasteiger partial charge in [0.2, 0.25) is 0 Å². The van der Waals surface area contributed by atoms with E-state index in [1.54, 1.807) is 7.11 Å². The van der Waals surface area contributed by atoms with E-state index in [-0.39, 0.29) is 11.7 Å². The van der Waals surface area contributed by atoms with Gasteiger partial charge in [-0.2, -0.15) is 0 Å². The Labute approximate surface area is 91.1 Å². The summed E-state index contributed by atoms with van der Waals surface area (Å²) in [5.74, 6) is 0. The Morgan fingerprint density at radius 1 is 1.27 bits per heavy atom. The highest BCUT2D eigenvalue weighted by atomic mass is 16.5. The second-order valence-corrected chi connectivity index (χ2v) is 4.80. The Hall–Kier alpha value is -0.410. The van der Waals surface area contributed by atoms with Crippen LogP contribution in [0.25, 0.3) is 0 Å². The van der Waals surface area contributed by atoms with Crippen LogP contribution >= 0.6 is 0 Å². The van der Waals surface area contributed by atoms with E-state index >= 15 is 0 Å². The number of aldehydes is 1. The number of hydrogen-bond acceptors (Lipinski definition) is 3. The number of carbonyl (C=O) groups excluding carboxylic acids is 1. The lowest BCUT2D eigenvalue weighted by Crippen LogP contribution is -2.45. The van der Waals surface area contributed by atoms with Crippen molar-refractivity contribution in [1.82, 2.24) is 0 Å². The van der Waals surface area contributed by atoms with Crippen molar-refractivity contribution in [2.24, 2.45) is 0 Å². The molecule has 1 aliphatic heterocycles. The molecule has 1 unspecified atom stereocenters. The normalized spacial score (nSPS) is 41.7. The van der Waals surface area contributed by atoms with Gasteiger partial charge in [0.1, 0.15) is 12.4 Å². The van der Waals surface area contributed by atoms with Crippen molar-refractivity contribution < 1.29 is 14.3 Å². The average Bonchev–Trinajstić information content (AvgIpc) is 2.30. The summed E-state index contributed by atoms with van der Waals surface area (Å²) in [5.41, 5.74) is -0.00113. The van der Waals surface area contributed by atoms with Gasteiger partial charge in [-0.15, -0.1) is 0 Å². The topological polar surface area (TPSA) is 35.5 Å². The Morgan fingerprint density at radius 3 is 2.60 bits per heavy atom. The first-order valence-corrected chi connectivity index (χ1v) is 5.94. The molecule has 1 spiro atoms. The number of hydrogen-bond donors (Lipinski definition) is 0. The first-order valence-electron chi connectivity index (χ1n) is 5.94. The largest absolute Gasteiger partial charge is 0.381 e. The van der Waals surface area contributed by atoms with Gasteiger partial charge in [0.15, 0.2) is 0 Å². The zero-order valence-corrected chi connectivity index (χ0v) is 9.41. The predicted octanol–water partition coefficient (Wildman–Crippen LogP) is 2.08. The molecule has 1 atom stereocenters. The summed E-state index contributed by atoms with van der Waals surface area (Å²) in [7, 11) is 1.78. The fraction of sp³-hybridized carbons (Fsp3) is 0.917. The highest BCUT2D eigenvalue weighted by Gasteiger charge is 2.40. The summed E-state index contributed by atoms with van der Waals surface area (Å²) in [6.45, 7) is 0. The molecule has 86 valence electrons. The van der Waals surface area contributed by atoms with Crippen molar-refractivity contribution in [3.8, 4) is 0 Å². The maximum Gasteiger partial charge on any atom is 0.148 e. The van der Waals surface area contributed by atoms with Crippen molar-refractivity contribution in [1.29, 1.82) is 0 Å². The zero-order chi connectivity index (χ0) is 10.7. The van der Waals surface area contributed by atoms with Gasteiger partial charge in [-0.05, 0) is 44.9 Å². The standard InChI is InChI=1S/C12H20O3/c1-14-10-4-7-12(8-5-10)6-2-3-11(9-13)15-12/h9-11H,2-8H2,1H3. The molecule has 2 fully saturated rings. The third-order valence-corrected chi connectivity index (χ3v) is 3.85. The number of ether oxygens (including phenoxy) is 2. The van der Waals surface area contributed by atoms with Crippen LogP contribution in [0.3, 0.4) is 0 Å². The smallest absolute Gasteiger partial charge is 0.148 e. The van der Waals surface area contributed by atoms with E-state index in [1.165, 1.54) is 0 Å². The molecular formula is C12H20O3. The van der Waals surface area contributed by atoms with Crippen LogP contribution in [0.2, 0.25) is 0 Å². The van der Waals surface area contributed by atoms with Crippen LogP contribution in [-0.2, 0) is 14.3 Å². The molecule has 2 rings (SSSR count). The number of methoxy groups -OCH3 is 1. The van der Waals surface area contributed by atoms with Crippen LogP contribution in [0.15, 0.2) is 0 Å². The van der Waals surface area contributed by atoms with Crippen LogP contribution in [-0.4, -0.2) is 31.2 Å². The first-order chi connectivity index (χ1) is 7.28. The molecule has 1 aliphatic carbocycles. The summed E-state index contributed by atoms with van der Waals surface area (Å²) in [6.07, 6.45) is 8.60. The lowest BCUT2D eigenvalue weighted by Gasteiger charge is -2.44. The molecule has 3 nitrogen and oxygen atoms in total. The lowest BCUT2D eigenvalue weighted by molar-refractivity contribution is -0.162. The quantitative estimate of drug-likeness (QED) is 0.657. The van der Waals surface area contributed by atoms with Crippen molar-refractivity contribution in [2.75, 3.05) is 7.11 Å². The monoisotopic (exact) mass is 212 g/mol. The second kappa shape index (κ2) is 4.62. The number of carbonyl (C=O) groups is 1. The van der Waals surface area contributed by atoms with Crippen molar-refractivity contribution >= 4 is 6.29 Å². The minimum atomic E-state index is -0.155. The fourth-order valence-corrected chi connectivity index (χ4v) is 2.88. The minimum absolute atomic E-state index is 0.00113. The second-order valence-electron chi connectivity index (χ2n) is 4.80. The van der Waals surface area contributed by atoms with Crippen molar-refractivity contribution in [3.63, 3.8) is 0 Å². The molecule has 0 aromatic heterocycles. The molecule has 0 bridgehead atoms. The van der Waals surface area contributed by atoms with Gasteiger partial charge in [-0.1, -0.05) is 0 Å². The summed E-state index contributed by atoms with van der Waals surface area (Å²) in [5, 5.41) is 0. The molecule has 0 aromatic rings. The SMILES string of the molecule is COC1CCC2(CCCC(C=O)O2)CC1.